The molecule has 15 heavy (non-hydrogen) atoms. The van der Waals surface area contributed by atoms with E-state index in [0.29, 0.717) is 0 Å². The summed E-state index contributed by atoms with van der Waals surface area (Å²) < 4.78 is 0. The summed E-state index contributed by atoms with van der Waals surface area (Å²) in [5, 5.41) is 4.55. The number of nitrogens with one attached hydrogen (secondary N) is 2. The highest BCUT2D eigenvalue weighted by atomic mass is 14.8. The van der Waals surface area contributed by atoms with Gasteiger partial charge in [-0.25, -0.2) is 0 Å². The van der Waals surface area contributed by atoms with Crippen LogP contribution in [0.1, 0.15) is 12.5 Å². The molecule has 0 spiro atoms. The molecule has 0 aliphatic rings. The van der Waals surface area contributed by atoms with Gasteiger partial charge in [0.05, 0.1) is 6.54 Å². The van der Waals surface area contributed by atoms with Crippen molar-refractivity contribution >= 4 is 10.9 Å². The first-order chi connectivity index (χ1) is 7.42. The van der Waals surface area contributed by atoms with Gasteiger partial charge in [0.25, 0.3) is 0 Å². The zero-order valence-electron chi connectivity index (χ0n) is 8.80. The maximum Gasteiger partial charge on any atom is 0.0579 e. The van der Waals surface area contributed by atoms with Gasteiger partial charge in [-0.1, -0.05) is 24.1 Å². The second kappa shape index (κ2) is 4.68. The summed E-state index contributed by atoms with van der Waals surface area (Å²) in [6, 6.07) is 8.41. The number of rotatable bonds is 3. The number of para-hydroxylation sites is 1. The molecule has 0 aliphatic heterocycles. The van der Waals surface area contributed by atoms with Crippen molar-refractivity contribution in [1.29, 1.82) is 0 Å². The molecule has 2 rings (SSSR count). The van der Waals surface area contributed by atoms with Crippen molar-refractivity contribution in [3.05, 3.63) is 36.0 Å². The fourth-order valence-electron chi connectivity index (χ4n) is 1.65. The van der Waals surface area contributed by atoms with Gasteiger partial charge in [-0.15, -0.1) is 5.92 Å². The van der Waals surface area contributed by atoms with E-state index in [0.717, 1.165) is 13.1 Å². The van der Waals surface area contributed by atoms with Crippen LogP contribution in [0.5, 0.6) is 0 Å². The Labute approximate surface area is 89.7 Å². The average molecular weight is 198 g/mol. The third kappa shape index (κ3) is 2.20. The Bertz CT molecular complexity index is 500. The molecule has 0 amide bonds. The van der Waals surface area contributed by atoms with Crippen LogP contribution >= 0.6 is 0 Å². The zero-order chi connectivity index (χ0) is 10.5. The van der Waals surface area contributed by atoms with Crippen LogP contribution in [-0.4, -0.2) is 11.5 Å². The SMILES string of the molecule is CC#CCNCc1cccc2cc[nH]c12. The number of aromatic nitrogens is 1. The largest absolute Gasteiger partial charge is 0.361 e. The molecule has 2 aromatic rings. The molecule has 2 heteroatoms. The van der Waals surface area contributed by atoms with Gasteiger partial charge in [-0.3, -0.25) is 0 Å². The van der Waals surface area contributed by atoms with Crippen molar-refractivity contribution in [3.8, 4) is 11.8 Å². The lowest BCUT2D eigenvalue weighted by atomic mass is 10.1. The predicted molar refractivity (Wildman–Crippen MR) is 63.5 cm³/mol. The second-order valence-corrected chi connectivity index (χ2v) is 3.39. The maximum atomic E-state index is 3.29. The van der Waals surface area contributed by atoms with Gasteiger partial charge < -0.3 is 10.3 Å². The van der Waals surface area contributed by atoms with E-state index in [1.807, 2.05) is 13.1 Å². The number of benzene rings is 1. The standard InChI is InChI=1S/C13H14N2/c1-2-3-8-14-10-12-6-4-5-11-7-9-15-13(11)12/h4-7,9,14-15H,8,10H2,1H3. The van der Waals surface area contributed by atoms with E-state index in [1.165, 1.54) is 16.5 Å². The van der Waals surface area contributed by atoms with E-state index in [4.69, 9.17) is 0 Å². The zero-order valence-corrected chi connectivity index (χ0v) is 8.80. The minimum Gasteiger partial charge on any atom is -0.361 e. The molecule has 1 aromatic heterocycles. The summed E-state index contributed by atoms with van der Waals surface area (Å²) in [4.78, 5) is 3.25. The highest BCUT2D eigenvalue weighted by Gasteiger charge is 1.99. The van der Waals surface area contributed by atoms with Crippen molar-refractivity contribution in [3.63, 3.8) is 0 Å². The number of fused-ring (bicyclic) bond motifs is 1. The summed E-state index contributed by atoms with van der Waals surface area (Å²) in [5.74, 6) is 5.85. The molecule has 76 valence electrons. The minimum atomic E-state index is 0.744. The smallest absolute Gasteiger partial charge is 0.0579 e. The van der Waals surface area contributed by atoms with E-state index in [1.54, 1.807) is 0 Å². The highest BCUT2D eigenvalue weighted by Crippen LogP contribution is 2.16. The van der Waals surface area contributed by atoms with Gasteiger partial charge in [0, 0.05) is 18.3 Å². The lowest BCUT2D eigenvalue weighted by Gasteiger charge is -2.03. The van der Waals surface area contributed by atoms with E-state index in [9.17, 15) is 0 Å². The molecule has 0 radical (unpaired) electrons. The monoisotopic (exact) mass is 198 g/mol. The van der Waals surface area contributed by atoms with Crippen LogP contribution in [0, 0.1) is 11.8 Å². The number of H-pyrrole nitrogens is 1. The Morgan fingerprint density at radius 2 is 2.27 bits per heavy atom. The van der Waals surface area contributed by atoms with Crippen molar-refractivity contribution < 1.29 is 0 Å². The van der Waals surface area contributed by atoms with Crippen LogP contribution in [0.3, 0.4) is 0 Å². The molecule has 2 N–H and O–H groups in total. The fourth-order valence-corrected chi connectivity index (χ4v) is 1.65. The molecule has 1 heterocycles. The molecule has 1 aromatic carbocycles. The normalized spacial score (nSPS) is 9.93. The Morgan fingerprint density at radius 1 is 1.33 bits per heavy atom. The summed E-state index contributed by atoms with van der Waals surface area (Å²) in [5.41, 5.74) is 2.50. The predicted octanol–water partition coefficient (Wildman–Crippen LogP) is 2.28. The van der Waals surface area contributed by atoms with Crippen LogP contribution in [0.15, 0.2) is 30.5 Å². The summed E-state index contributed by atoms with van der Waals surface area (Å²) in [6.07, 6.45) is 1.97. The van der Waals surface area contributed by atoms with E-state index >= 15 is 0 Å². The van der Waals surface area contributed by atoms with Crippen molar-refractivity contribution in [2.75, 3.05) is 6.54 Å². The Balaban J connectivity index is 2.12. The van der Waals surface area contributed by atoms with Gasteiger partial charge in [-0.05, 0) is 23.9 Å². The van der Waals surface area contributed by atoms with Gasteiger partial charge in [-0.2, -0.15) is 0 Å². The first-order valence-electron chi connectivity index (χ1n) is 5.07. The highest BCUT2D eigenvalue weighted by molar-refractivity contribution is 5.82. The van der Waals surface area contributed by atoms with Crippen molar-refractivity contribution in [2.45, 2.75) is 13.5 Å². The van der Waals surface area contributed by atoms with Gasteiger partial charge >= 0.3 is 0 Å². The molecule has 0 fully saturated rings. The Hall–Kier alpha value is -1.72. The number of aromatic amines is 1. The lowest BCUT2D eigenvalue weighted by Crippen LogP contribution is -2.13. The maximum absolute atomic E-state index is 3.29. The molecule has 0 aliphatic carbocycles. The fraction of sp³-hybridized carbons (Fsp3) is 0.231. The van der Waals surface area contributed by atoms with Gasteiger partial charge in [0.15, 0.2) is 0 Å². The molecule has 0 saturated heterocycles. The topological polar surface area (TPSA) is 27.8 Å². The van der Waals surface area contributed by atoms with Crippen LogP contribution in [-0.2, 0) is 6.54 Å². The molecule has 0 atom stereocenters. The molecule has 0 unspecified atom stereocenters. The van der Waals surface area contributed by atoms with Crippen LogP contribution in [0.2, 0.25) is 0 Å². The second-order valence-electron chi connectivity index (χ2n) is 3.39. The van der Waals surface area contributed by atoms with Gasteiger partial charge in [0.1, 0.15) is 0 Å². The van der Waals surface area contributed by atoms with Crippen molar-refractivity contribution in [1.82, 2.24) is 10.3 Å². The van der Waals surface area contributed by atoms with E-state index in [-0.39, 0.29) is 0 Å². The third-order valence-corrected chi connectivity index (χ3v) is 2.38. The Kier molecular flexibility index (Phi) is 3.06. The van der Waals surface area contributed by atoms with Gasteiger partial charge in [0.2, 0.25) is 0 Å². The lowest BCUT2D eigenvalue weighted by molar-refractivity contribution is 0.773. The molecular weight excluding hydrogens is 184 g/mol. The van der Waals surface area contributed by atoms with Crippen molar-refractivity contribution in [2.24, 2.45) is 0 Å². The summed E-state index contributed by atoms with van der Waals surface area (Å²) in [7, 11) is 0. The third-order valence-electron chi connectivity index (χ3n) is 2.38. The van der Waals surface area contributed by atoms with Crippen LogP contribution in [0.4, 0.5) is 0 Å². The van der Waals surface area contributed by atoms with Crippen LogP contribution in [0.25, 0.3) is 10.9 Å². The summed E-state index contributed by atoms with van der Waals surface area (Å²) in [6.45, 7) is 3.45. The van der Waals surface area contributed by atoms with E-state index in [2.05, 4.69) is 46.4 Å². The Morgan fingerprint density at radius 3 is 3.13 bits per heavy atom. The quantitative estimate of drug-likeness (QED) is 0.574. The first kappa shape index (κ1) is 9.82. The molecule has 0 saturated carbocycles. The molecule has 2 nitrogen and oxygen atoms in total. The molecular formula is C13H14N2. The summed E-state index contributed by atoms with van der Waals surface area (Å²) >= 11 is 0. The number of hydrogen-bond donors (Lipinski definition) is 2. The number of hydrogen-bond acceptors (Lipinski definition) is 1. The van der Waals surface area contributed by atoms with Crippen LogP contribution < -0.4 is 5.32 Å². The first-order valence-corrected chi connectivity index (χ1v) is 5.07. The molecule has 0 bridgehead atoms. The average Bonchev–Trinajstić information content (AvgIpc) is 2.73. The minimum absolute atomic E-state index is 0.744. The van der Waals surface area contributed by atoms with E-state index < -0.39 is 0 Å².